The number of halogens is 3. The number of hydrogen-bond acceptors (Lipinski definition) is 0. The van der Waals surface area contributed by atoms with Crippen molar-refractivity contribution in [2.45, 2.75) is 17.6 Å². The molecule has 0 bridgehead atoms. The topological polar surface area (TPSA) is 0 Å². The molecule has 0 amide bonds. The van der Waals surface area contributed by atoms with Gasteiger partial charge < -0.3 is 0 Å². The van der Waals surface area contributed by atoms with Crippen LogP contribution in [0.5, 0.6) is 0 Å². The Morgan fingerprint density at radius 1 is 0.688 bits per heavy atom. The molecule has 2 aromatic rings. The summed E-state index contributed by atoms with van der Waals surface area (Å²) in [6.07, 6.45) is 0. The van der Waals surface area contributed by atoms with E-state index in [1.807, 2.05) is 6.07 Å². The van der Waals surface area contributed by atoms with Crippen molar-refractivity contribution in [1.29, 1.82) is 0 Å². The van der Waals surface area contributed by atoms with Crippen LogP contribution in [0.2, 0.25) is 0 Å². The van der Waals surface area contributed by atoms with Gasteiger partial charge in [-0.15, -0.1) is 34.8 Å². The number of alkyl halides is 3. The van der Waals surface area contributed by atoms with Gasteiger partial charge in [-0.2, -0.15) is 0 Å². The van der Waals surface area contributed by atoms with Crippen molar-refractivity contribution < 1.29 is 0 Å². The van der Waals surface area contributed by atoms with Crippen LogP contribution in [0.1, 0.15) is 16.7 Å². The van der Waals surface area contributed by atoms with Crippen LogP contribution in [0.25, 0.3) is 10.8 Å². The van der Waals surface area contributed by atoms with Crippen molar-refractivity contribution in [3.05, 3.63) is 47.0 Å². The maximum atomic E-state index is 5.90. The van der Waals surface area contributed by atoms with E-state index < -0.39 is 0 Å². The van der Waals surface area contributed by atoms with Crippen LogP contribution < -0.4 is 0 Å². The monoisotopic (exact) mass is 272 g/mol. The molecule has 0 aliphatic heterocycles. The second-order valence-electron chi connectivity index (χ2n) is 3.70. The summed E-state index contributed by atoms with van der Waals surface area (Å²) in [5, 5.41) is 2.35. The third kappa shape index (κ3) is 2.29. The van der Waals surface area contributed by atoms with Crippen LogP contribution >= 0.6 is 34.8 Å². The minimum atomic E-state index is 0.489. The summed E-state index contributed by atoms with van der Waals surface area (Å²) in [7, 11) is 0. The van der Waals surface area contributed by atoms with Crippen LogP contribution in [0.4, 0.5) is 0 Å². The standard InChI is InChI=1S/C13H11Cl3/c14-6-9-1-2-10-4-12(7-15)13(8-16)5-11(10)3-9/h1-5H,6-8H2. The Balaban J connectivity index is 2.63. The lowest BCUT2D eigenvalue weighted by molar-refractivity contribution is 1.28. The van der Waals surface area contributed by atoms with E-state index in [1.165, 1.54) is 10.8 Å². The average Bonchev–Trinajstić information content (AvgIpc) is 2.36. The molecule has 0 heterocycles. The lowest BCUT2D eigenvalue weighted by Gasteiger charge is -2.08. The van der Waals surface area contributed by atoms with Gasteiger partial charge >= 0.3 is 0 Å². The summed E-state index contributed by atoms with van der Waals surface area (Å²) >= 11 is 17.6. The average molecular weight is 274 g/mol. The number of hydrogen-bond donors (Lipinski definition) is 0. The molecule has 0 unspecified atom stereocenters. The van der Waals surface area contributed by atoms with E-state index in [0.29, 0.717) is 17.6 Å². The van der Waals surface area contributed by atoms with E-state index in [-0.39, 0.29) is 0 Å². The first-order valence-corrected chi connectivity index (χ1v) is 6.61. The Morgan fingerprint density at radius 3 is 1.88 bits per heavy atom. The highest BCUT2D eigenvalue weighted by molar-refractivity contribution is 6.19. The lowest BCUT2D eigenvalue weighted by Crippen LogP contribution is -1.89. The van der Waals surface area contributed by atoms with Gasteiger partial charge in [-0.1, -0.05) is 12.1 Å². The highest BCUT2D eigenvalue weighted by atomic mass is 35.5. The Hall–Kier alpha value is -0.430. The van der Waals surface area contributed by atoms with E-state index in [1.54, 1.807) is 0 Å². The predicted octanol–water partition coefficient (Wildman–Crippen LogP) is 5.06. The van der Waals surface area contributed by atoms with E-state index in [2.05, 4.69) is 24.3 Å². The Bertz CT molecular complexity index is 506. The molecule has 0 N–H and O–H groups in total. The first-order chi connectivity index (χ1) is 7.78. The maximum Gasteiger partial charge on any atom is 0.0477 e. The SMILES string of the molecule is ClCc1ccc2cc(CCl)c(CCl)cc2c1. The van der Waals surface area contributed by atoms with Gasteiger partial charge in [0.15, 0.2) is 0 Å². The Labute approximate surface area is 110 Å². The zero-order chi connectivity index (χ0) is 11.5. The van der Waals surface area contributed by atoms with Gasteiger partial charge in [-0.05, 0) is 45.7 Å². The molecule has 0 nitrogen and oxygen atoms in total. The molecule has 0 saturated heterocycles. The molecule has 2 rings (SSSR count). The molecular formula is C13H11Cl3. The van der Waals surface area contributed by atoms with Crippen LogP contribution in [0.3, 0.4) is 0 Å². The van der Waals surface area contributed by atoms with Gasteiger partial charge in [0.05, 0.1) is 0 Å². The van der Waals surface area contributed by atoms with Crippen molar-refractivity contribution >= 4 is 45.6 Å². The lowest BCUT2D eigenvalue weighted by atomic mass is 10.0. The molecule has 0 aromatic heterocycles. The zero-order valence-corrected chi connectivity index (χ0v) is 10.9. The third-order valence-electron chi connectivity index (χ3n) is 2.67. The predicted molar refractivity (Wildman–Crippen MR) is 72.6 cm³/mol. The summed E-state index contributed by atoms with van der Waals surface area (Å²) in [6.45, 7) is 0. The van der Waals surface area contributed by atoms with Crippen LogP contribution in [-0.2, 0) is 17.6 Å². The van der Waals surface area contributed by atoms with Crippen LogP contribution in [0, 0.1) is 0 Å². The number of rotatable bonds is 3. The molecule has 0 aliphatic carbocycles. The number of benzene rings is 2. The summed E-state index contributed by atoms with van der Waals surface area (Å²) in [6, 6.07) is 10.4. The van der Waals surface area contributed by atoms with Gasteiger partial charge in [0.25, 0.3) is 0 Å². The quantitative estimate of drug-likeness (QED) is 0.686. The molecule has 16 heavy (non-hydrogen) atoms. The fourth-order valence-corrected chi connectivity index (χ4v) is 2.44. The van der Waals surface area contributed by atoms with E-state index in [0.717, 1.165) is 16.7 Å². The third-order valence-corrected chi connectivity index (χ3v) is 3.55. The molecule has 0 fully saturated rings. The molecule has 3 heteroatoms. The fourth-order valence-electron chi connectivity index (χ4n) is 1.77. The van der Waals surface area contributed by atoms with Gasteiger partial charge in [-0.3, -0.25) is 0 Å². The van der Waals surface area contributed by atoms with Crippen molar-refractivity contribution in [1.82, 2.24) is 0 Å². The zero-order valence-electron chi connectivity index (χ0n) is 8.64. The number of fused-ring (bicyclic) bond motifs is 1. The maximum absolute atomic E-state index is 5.90. The fraction of sp³-hybridized carbons (Fsp3) is 0.231. The molecule has 84 valence electrons. The van der Waals surface area contributed by atoms with Crippen molar-refractivity contribution in [2.75, 3.05) is 0 Å². The van der Waals surface area contributed by atoms with Crippen LogP contribution in [0.15, 0.2) is 30.3 Å². The van der Waals surface area contributed by atoms with Crippen LogP contribution in [-0.4, -0.2) is 0 Å². The van der Waals surface area contributed by atoms with E-state index in [4.69, 9.17) is 34.8 Å². The van der Waals surface area contributed by atoms with Gasteiger partial charge in [0.2, 0.25) is 0 Å². The molecule has 0 aliphatic rings. The van der Waals surface area contributed by atoms with E-state index >= 15 is 0 Å². The molecule has 0 spiro atoms. The van der Waals surface area contributed by atoms with Crippen molar-refractivity contribution in [2.24, 2.45) is 0 Å². The second-order valence-corrected chi connectivity index (χ2v) is 4.51. The molecule has 2 aromatic carbocycles. The Kier molecular flexibility index (Phi) is 3.96. The highest BCUT2D eigenvalue weighted by Crippen LogP contribution is 2.24. The minimum Gasteiger partial charge on any atom is -0.122 e. The van der Waals surface area contributed by atoms with Gasteiger partial charge in [0.1, 0.15) is 0 Å². The summed E-state index contributed by atoms with van der Waals surface area (Å²) in [5.74, 6) is 1.52. The second kappa shape index (κ2) is 5.27. The molecule has 0 saturated carbocycles. The largest absolute Gasteiger partial charge is 0.122 e. The van der Waals surface area contributed by atoms with Gasteiger partial charge in [0, 0.05) is 17.6 Å². The molecular weight excluding hydrogens is 263 g/mol. The van der Waals surface area contributed by atoms with E-state index in [9.17, 15) is 0 Å². The van der Waals surface area contributed by atoms with Crippen molar-refractivity contribution in [3.63, 3.8) is 0 Å². The summed E-state index contributed by atoms with van der Waals surface area (Å²) in [4.78, 5) is 0. The minimum absolute atomic E-state index is 0.489. The summed E-state index contributed by atoms with van der Waals surface area (Å²) in [5.41, 5.74) is 3.31. The normalized spacial score (nSPS) is 10.9. The van der Waals surface area contributed by atoms with Gasteiger partial charge in [-0.25, -0.2) is 0 Å². The summed E-state index contributed by atoms with van der Waals surface area (Å²) < 4.78 is 0. The molecule has 0 radical (unpaired) electrons. The van der Waals surface area contributed by atoms with Crippen molar-refractivity contribution in [3.8, 4) is 0 Å². The first-order valence-electron chi connectivity index (χ1n) is 5.01. The smallest absolute Gasteiger partial charge is 0.0477 e. The molecule has 0 atom stereocenters. The first kappa shape index (κ1) is 12.0. The highest BCUT2D eigenvalue weighted by Gasteiger charge is 2.04. The Morgan fingerprint density at radius 2 is 1.31 bits per heavy atom.